The van der Waals surface area contributed by atoms with E-state index in [4.69, 9.17) is 15.0 Å². The predicted octanol–water partition coefficient (Wildman–Crippen LogP) is 11.9. The van der Waals surface area contributed by atoms with E-state index in [0.29, 0.717) is 17.5 Å². The summed E-state index contributed by atoms with van der Waals surface area (Å²) in [6.07, 6.45) is 0. The highest BCUT2D eigenvalue weighted by molar-refractivity contribution is 6.09. The van der Waals surface area contributed by atoms with Crippen LogP contribution in [0.3, 0.4) is 0 Å². The number of rotatable bonds is 5. The lowest BCUT2D eigenvalue weighted by Gasteiger charge is -2.13. The molecule has 51 heavy (non-hydrogen) atoms. The number of hydrogen-bond donors (Lipinski definition) is 0. The third-order valence-electron chi connectivity index (χ3n) is 9.81. The molecule has 2 heterocycles. The van der Waals surface area contributed by atoms with Gasteiger partial charge in [-0.05, 0) is 69.1 Å². The molecule has 0 N–H and O–H groups in total. The van der Waals surface area contributed by atoms with Gasteiger partial charge < -0.3 is 4.57 Å². The van der Waals surface area contributed by atoms with Gasteiger partial charge in [0.2, 0.25) is 0 Å². The molecule has 0 aliphatic carbocycles. The molecule has 4 nitrogen and oxygen atoms in total. The van der Waals surface area contributed by atoms with Crippen LogP contribution in [0.1, 0.15) is 0 Å². The molecule has 0 atom stereocenters. The Bertz CT molecular complexity index is 2870. The molecule has 10 aromatic rings. The minimum Gasteiger partial charge on any atom is -0.309 e. The lowest BCUT2D eigenvalue weighted by molar-refractivity contribution is 1.07. The first-order valence-electron chi connectivity index (χ1n) is 17.2. The van der Waals surface area contributed by atoms with Crippen LogP contribution < -0.4 is 0 Å². The maximum atomic E-state index is 5.17. The van der Waals surface area contributed by atoms with Crippen LogP contribution in [0.2, 0.25) is 0 Å². The summed E-state index contributed by atoms with van der Waals surface area (Å²) in [7, 11) is 0. The number of fused-ring (bicyclic) bond motifs is 5. The molecule has 0 bridgehead atoms. The van der Waals surface area contributed by atoms with E-state index in [-0.39, 0.29) is 0 Å². The third kappa shape index (κ3) is 5.04. The largest absolute Gasteiger partial charge is 0.309 e. The highest BCUT2D eigenvalue weighted by atomic mass is 15.0. The second-order valence-corrected chi connectivity index (χ2v) is 12.9. The van der Waals surface area contributed by atoms with Gasteiger partial charge in [-0.25, -0.2) is 15.0 Å². The zero-order valence-corrected chi connectivity index (χ0v) is 27.6. The van der Waals surface area contributed by atoms with E-state index >= 15 is 0 Å². The Balaban J connectivity index is 1.15. The summed E-state index contributed by atoms with van der Waals surface area (Å²) in [5, 5.41) is 7.01. The quantitative estimate of drug-likeness (QED) is 0.186. The Morgan fingerprint density at radius 3 is 1.59 bits per heavy atom. The van der Waals surface area contributed by atoms with E-state index in [1.807, 2.05) is 6.07 Å². The summed E-state index contributed by atoms with van der Waals surface area (Å²) in [4.78, 5) is 15.5. The molecule has 0 radical (unpaired) electrons. The molecule has 0 fully saturated rings. The zero-order chi connectivity index (χ0) is 33.7. The standard InChI is InChI=1S/C47H30N4/c1-2-12-31(13-3-1)33-24-25-35-29-37(27-26-34(35)28-33)46-48-45(49-47(50-46)42-21-11-15-32-14-4-5-18-39(32)42)36-16-10-17-38(30-36)51-43-22-8-6-19-40(43)41-20-7-9-23-44(41)51/h1-30H. The van der Waals surface area contributed by atoms with Crippen LogP contribution >= 0.6 is 0 Å². The zero-order valence-electron chi connectivity index (χ0n) is 27.6. The van der Waals surface area contributed by atoms with Gasteiger partial charge in [0, 0.05) is 33.2 Å². The van der Waals surface area contributed by atoms with Gasteiger partial charge in [0.1, 0.15) is 0 Å². The first-order valence-corrected chi connectivity index (χ1v) is 17.2. The molecular weight excluding hydrogens is 621 g/mol. The minimum atomic E-state index is 0.630. The Morgan fingerprint density at radius 1 is 0.314 bits per heavy atom. The van der Waals surface area contributed by atoms with Crippen molar-refractivity contribution in [2.24, 2.45) is 0 Å². The molecule has 238 valence electrons. The summed E-state index contributed by atoms with van der Waals surface area (Å²) in [6, 6.07) is 64.0. The molecule has 0 aliphatic rings. The van der Waals surface area contributed by atoms with Gasteiger partial charge in [-0.2, -0.15) is 0 Å². The second kappa shape index (κ2) is 11.9. The monoisotopic (exact) mass is 650 g/mol. The Kier molecular flexibility index (Phi) is 6.78. The van der Waals surface area contributed by atoms with Crippen molar-refractivity contribution in [2.45, 2.75) is 0 Å². The fourth-order valence-electron chi connectivity index (χ4n) is 7.35. The molecule has 4 heteroatoms. The van der Waals surface area contributed by atoms with Crippen molar-refractivity contribution in [3.05, 3.63) is 182 Å². The van der Waals surface area contributed by atoms with Gasteiger partial charge >= 0.3 is 0 Å². The van der Waals surface area contributed by atoms with Crippen molar-refractivity contribution in [3.63, 3.8) is 0 Å². The number of hydrogen-bond acceptors (Lipinski definition) is 3. The van der Waals surface area contributed by atoms with Gasteiger partial charge in [0.25, 0.3) is 0 Å². The van der Waals surface area contributed by atoms with E-state index in [9.17, 15) is 0 Å². The fraction of sp³-hybridized carbons (Fsp3) is 0. The maximum Gasteiger partial charge on any atom is 0.164 e. The topological polar surface area (TPSA) is 43.6 Å². The second-order valence-electron chi connectivity index (χ2n) is 12.9. The fourth-order valence-corrected chi connectivity index (χ4v) is 7.35. The average Bonchev–Trinajstić information content (AvgIpc) is 3.55. The summed E-state index contributed by atoms with van der Waals surface area (Å²) in [5.41, 5.74) is 8.62. The highest BCUT2D eigenvalue weighted by Crippen LogP contribution is 2.35. The van der Waals surface area contributed by atoms with Gasteiger partial charge in [-0.1, -0.05) is 146 Å². The summed E-state index contributed by atoms with van der Waals surface area (Å²) < 4.78 is 2.33. The molecule has 0 saturated heterocycles. The lowest BCUT2D eigenvalue weighted by atomic mass is 10.00. The van der Waals surface area contributed by atoms with Gasteiger partial charge in [0.15, 0.2) is 17.5 Å². The average molecular weight is 651 g/mol. The molecule has 0 saturated carbocycles. The van der Waals surface area contributed by atoms with Crippen LogP contribution in [0.5, 0.6) is 0 Å². The molecular formula is C47H30N4. The summed E-state index contributed by atoms with van der Waals surface area (Å²) in [5.74, 6) is 1.91. The molecule has 10 rings (SSSR count). The first kappa shape index (κ1) is 29.0. The predicted molar refractivity (Wildman–Crippen MR) is 211 cm³/mol. The van der Waals surface area contributed by atoms with E-state index in [1.54, 1.807) is 0 Å². The Hall–Kier alpha value is -6.91. The van der Waals surface area contributed by atoms with E-state index < -0.39 is 0 Å². The van der Waals surface area contributed by atoms with Crippen LogP contribution in [-0.4, -0.2) is 19.5 Å². The van der Waals surface area contributed by atoms with Crippen molar-refractivity contribution in [1.82, 2.24) is 19.5 Å². The smallest absolute Gasteiger partial charge is 0.164 e. The van der Waals surface area contributed by atoms with Gasteiger partial charge in [-0.3, -0.25) is 0 Å². The number of benzene rings is 8. The highest BCUT2D eigenvalue weighted by Gasteiger charge is 2.17. The van der Waals surface area contributed by atoms with Crippen LogP contribution in [-0.2, 0) is 0 Å². The molecule has 2 aromatic heterocycles. The van der Waals surface area contributed by atoms with E-state index in [0.717, 1.165) is 49.6 Å². The minimum absolute atomic E-state index is 0.630. The molecule has 0 spiro atoms. The number of para-hydroxylation sites is 2. The normalized spacial score (nSPS) is 11.5. The lowest BCUT2D eigenvalue weighted by Crippen LogP contribution is -2.01. The van der Waals surface area contributed by atoms with Crippen LogP contribution in [0.4, 0.5) is 0 Å². The van der Waals surface area contributed by atoms with E-state index in [1.165, 1.54) is 27.3 Å². The summed E-state index contributed by atoms with van der Waals surface area (Å²) >= 11 is 0. The maximum absolute atomic E-state index is 5.17. The van der Waals surface area contributed by atoms with Gasteiger partial charge in [-0.15, -0.1) is 0 Å². The molecule has 0 aliphatic heterocycles. The molecule has 0 unspecified atom stereocenters. The van der Waals surface area contributed by atoms with Crippen molar-refractivity contribution in [2.75, 3.05) is 0 Å². The Morgan fingerprint density at radius 2 is 0.843 bits per heavy atom. The molecule has 8 aromatic carbocycles. The number of aromatic nitrogens is 4. The van der Waals surface area contributed by atoms with Crippen molar-refractivity contribution >= 4 is 43.4 Å². The SMILES string of the molecule is c1ccc(-c2ccc3cc(-c4nc(-c5cccc(-n6c7ccccc7c7ccccc76)c5)nc(-c5cccc6ccccc56)n4)ccc3c2)cc1. The third-order valence-corrected chi connectivity index (χ3v) is 9.81. The summed E-state index contributed by atoms with van der Waals surface area (Å²) in [6.45, 7) is 0. The first-order chi connectivity index (χ1) is 25.3. The number of nitrogens with zero attached hydrogens (tertiary/aromatic N) is 4. The van der Waals surface area contributed by atoms with Crippen molar-refractivity contribution in [3.8, 4) is 51.0 Å². The van der Waals surface area contributed by atoms with Gasteiger partial charge in [0.05, 0.1) is 11.0 Å². The van der Waals surface area contributed by atoms with Crippen LogP contribution in [0.15, 0.2) is 182 Å². The van der Waals surface area contributed by atoms with Crippen molar-refractivity contribution < 1.29 is 0 Å². The van der Waals surface area contributed by atoms with Crippen LogP contribution in [0, 0.1) is 0 Å². The van der Waals surface area contributed by atoms with Crippen LogP contribution in [0.25, 0.3) is 94.3 Å². The molecule has 0 amide bonds. The Labute approximate surface area is 295 Å². The van der Waals surface area contributed by atoms with Crippen molar-refractivity contribution in [1.29, 1.82) is 0 Å². The van der Waals surface area contributed by atoms with E-state index in [2.05, 4.69) is 180 Å².